The summed E-state index contributed by atoms with van der Waals surface area (Å²) in [5, 5.41) is 8.64. The van der Waals surface area contributed by atoms with Crippen molar-refractivity contribution in [2.75, 3.05) is 12.4 Å². The number of ether oxygens (including phenoxy) is 1. The smallest absolute Gasteiger partial charge is 0.209 e. The van der Waals surface area contributed by atoms with Gasteiger partial charge in [-0.2, -0.15) is 0 Å². The van der Waals surface area contributed by atoms with Crippen LogP contribution in [0.1, 0.15) is 18.4 Å². The van der Waals surface area contributed by atoms with Crippen molar-refractivity contribution in [3.05, 3.63) is 63.9 Å². The first-order valence-corrected chi connectivity index (χ1v) is 10.3. The number of hydrogen-bond donors (Lipinski definition) is 1. The van der Waals surface area contributed by atoms with Crippen LogP contribution in [0.5, 0.6) is 5.75 Å². The molecule has 1 aliphatic rings. The number of aromatic nitrogens is 2. The van der Waals surface area contributed by atoms with Gasteiger partial charge in [-0.15, -0.1) is 5.10 Å². The highest BCUT2D eigenvalue weighted by Crippen LogP contribution is 2.31. The lowest BCUT2D eigenvalue weighted by atomic mass is 10.2. The molecular weight excluding hydrogens is 395 g/mol. The highest BCUT2D eigenvalue weighted by Gasteiger charge is 2.29. The summed E-state index contributed by atoms with van der Waals surface area (Å²) in [5.74, 6) is 0.544. The SMILES string of the molecule is COc1ccccc1Nc1nn(CN(Cc2cccc(F)c2)C2CC2)c(=S)s1. The molecular formula is C20H21FN4OS2. The van der Waals surface area contributed by atoms with Crippen LogP contribution in [-0.2, 0) is 13.2 Å². The van der Waals surface area contributed by atoms with Crippen LogP contribution in [-0.4, -0.2) is 27.8 Å². The van der Waals surface area contributed by atoms with Gasteiger partial charge in [0, 0.05) is 12.6 Å². The van der Waals surface area contributed by atoms with E-state index in [1.54, 1.807) is 19.2 Å². The molecule has 0 radical (unpaired) electrons. The molecule has 4 rings (SSSR count). The van der Waals surface area contributed by atoms with Crippen molar-refractivity contribution < 1.29 is 9.13 Å². The molecule has 0 spiro atoms. The predicted molar refractivity (Wildman–Crippen MR) is 112 cm³/mol. The minimum Gasteiger partial charge on any atom is -0.495 e. The number of nitrogens with one attached hydrogen (secondary N) is 1. The summed E-state index contributed by atoms with van der Waals surface area (Å²) < 4.78 is 21.4. The van der Waals surface area contributed by atoms with Crippen molar-refractivity contribution in [3.8, 4) is 5.75 Å². The summed E-state index contributed by atoms with van der Waals surface area (Å²) in [5.41, 5.74) is 1.81. The maximum absolute atomic E-state index is 13.5. The second kappa shape index (κ2) is 8.38. The summed E-state index contributed by atoms with van der Waals surface area (Å²) >= 11 is 6.95. The molecule has 8 heteroatoms. The Morgan fingerprint density at radius 2 is 2.11 bits per heavy atom. The summed E-state index contributed by atoms with van der Waals surface area (Å²) in [4.78, 5) is 2.30. The molecule has 0 amide bonds. The fourth-order valence-corrected chi connectivity index (χ4v) is 4.09. The largest absolute Gasteiger partial charge is 0.495 e. The first-order chi connectivity index (χ1) is 13.6. The molecule has 1 aromatic heterocycles. The molecule has 3 aromatic rings. The molecule has 0 aliphatic heterocycles. The van der Waals surface area contributed by atoms with E-state index in [-0.39, 0.29) is 5.82 Å². The van der Waals surface area contributed by atoms with Gasteiger partial charge >= 0.3 is 0 Å². The number of nitrogens with zero attached hydrogens (tertiary/aromatic N) is 3. The first-order valence-electron chi connectivity index (χ1n) is 9.09. The van der Waals surface area contributed by atoms with E-state index in [0.717, 1.165) is 35.0 Å². The maximum Gasteiger partial charge on any atom is 0.209 e. The number of hydrogen-bond acceptors (Lipinski definition) is 6. The lowest BCUT2D eigenvalue weighted by Crippen LogP contribution is -2.28. The highest BCUT2D eigenvalue weighted by molar-refractivity contribution is 7.73. The van der Waals surface area contributed by atoms with Gasteiger partial charge in [0.05, 0.1) is 19.5 Å². The Bertz CT molecular complexity index is 1020. The van der Waals surface area contributed by atoms with Gasteiger partial charge in [-0.3, -0.25) is 4.90 Å². The Morgan fingerprint density at radius 1 is 1.29 bits per heavy atom. The Hall–Kier alpha value is -2.29. The van der Waals surface area contributed by atoms with Gasteiger partial charge in [-0.05, 0) is 54.9 Å². The minimum absolute atomic E-state index is 0.207. The van der Waals surface area contributed by atoms with Crippen LogP contribution in [0.25, 0.3) is 0 Å². The summed E-state index contributed by atoms with van der Waals surface area (Å²) in [6.07, 6.45) is 2.30. The van der Waals surface area contributed by atoms with Gasteiger partial charge in [0.1, 0.15) is 11.6 Å². The number of para-hydroxylation sites is 2. The zero-order valence-electron chi connectivity index (χ0n) is 15.5. The van der Waals surface area contributed by atoms with E-state index >= 15 is 0 Å². The van der Waals surface area contributed by atoms with Gasteiger partial charge in [0.2, 0.25) is 5.13 Å². The van der Waals surface area contributed by atoms with Crippen molar-refractivity contribution in [1.29, 1.82) is 0 Å². The normalized spacial score (nSPS) is 13.7. The van der Waals surface area contributed by atoms with Crippen LogP contribution in [0, 0.1) is 9.77 Å². The third-order valence-electron chi connectivity index (χ3n) is 4.61. The van der Waals surface area contributed by atoms with E-state index in [1.807, 2.05) is 35.0 Å². The van der Waals surface area contributed by atoms with Gasteiger partial charge in [-0.25, -0.2) is 9.07 Å². The second-order valence-corrected chi connectivity index (χ2v) is 8.37. The average Bonchev–Trinajstić information content (AvgIpc) is 3.47. The third-order valence-corrected chi connectivity index (χ3v) is 5.83. The number of anilines is 2. The lowest BCUT2D eigenvalue weighted by Gasteiger charge is -2.21. The van der Waals surface area contributed by atoms with Gasteiger partial charge < -0.3 is 10.1 Å². The molecule has 0 bridgehead atoms. The topological polar surface area (TPSA) is 42.3 Å². The van der Waals surface area contributed by atoms with Gasteiger partial charge in [0.25, 0.3) is 0 Å². The number of halogens is 1. The third kappa shape index (κ3) is 4.57. The van der Waals surface area contributed by atoms with Crippen molar-refractivity contribution in [3.63, 3.8) is 0 Å². The Morgan fingerprint density at radius 3 is 2.86 bits per heavy atom. The van der Waals surface area contributed by atoms with Crippen molar-refractivity contribution in [2.24, 2.45) is 0 Å². The number of methoxy groups -OCH3 is 1. The first kappa shape index (κ1) is 19.0. The van der Waals surface area contributed by atoms with E-state index in [4.69, 9.17) is 17.0 Å². The quantitative estimate of drug-likeness (QED) is 0.512. The summed E-state index contributed by atoms with van der Waals surface area (Å²) in [7, 11) is 1.64. The molecule has 146 valence electrons. The molecule has 28 heavy (non-hydrogen) atoms. The molecule has 0 atom stereocenters. The zero-order valence-corrected chi connectivity index (χ0v) is 17.1. The molecule has 2 aromatic carbocycles. The lowest BCUT2D eigenvalue weighted by molar-refractivity contribution is 0.187. The van der Waals surface area contributed by atoms with Crippen LogP contribution in [0.4, 0.5) is 15.2 Å². The van der Waals surface area contributed by atoms with Crippen molar-refractivity contribution >= 4 is 34.4 Å². The van der Waals surface area contributed by atoms with Crippen LogP contribution in [0.15, 0.2) is 48.5 Å². The molecule has 1 heterocycles. The standard InChI is InChI=1S/C20H21FN4OS2/c1-26-18-8-3-2-7-17(18)22-19-23-25(20(27)28-19)13-24(16-9-10-16)12-14-5-4-6-15(21)11-14/h2-8,11,16H,9-10,12-13H2,1H3,(H,22,23). The van der Waals surface area contributed by atoms with Crippen molar-refractivity contribution in [2.45, 2.75) is 32.1 Å². The number of rotatable bonds is 8. The van der Waals surface area contributed by atoms with Crippen LogP contribution in [0.2, 0.25) is 0 Å². The molecule has 1 N–H and O–H groups in total. The predicted octanol–water partition coefficient (Wildman–Crippen LogP) is 5.19. The van der Waals surface area contributed by atoms with Crippen molar-refractivity contribution in [1.82, 2.24) is 14.7 Å². The van der Waals surface area contributed by atoms with E-state index in [9.17, 15) is 4.39 Å². The molecule has 5 nitrogen and oxygen atoms in total. The minimum atomic E-state index is -0.207. The Balaban J connectivity index is 1.50. The fraction of sp³-hybridized carbons (Fsp3) is 0.300. The van der Waals surface area contributed by atoms with E-state index < -0.39 is 0 Å². The average molecular weight is 417 g/mol. The number of benzene rings is 2. The maximum atomic E-state index is 13.5. The Labute approximate surface area is 172 Å². The zero-order chi connectivity index (χ0) is 19.5. The van der Waals surface area contributed by atoms with Gasteiger partial charge in [0.15, 0.2) is 3.95 Å². The van der Waals surface area contributed by atoms with E-state index in [2.05, 4.69) is 15.3 Å². The second-order valence-electron chi connectivity index (χ2n) is 6.75. The van der Waals surface area contributed by atoms with Gasteiger partial charge in [-0.1, -0.05) is 35.6 Å². The molecule has 1 aliphatic carbocycles. The van der Waals surface area contributed by atoms with E-state index in [1.165, 1.54) is 17.4 Å². The molecule has 1 fully saturated rings. The van der Waals surface area contributed by atoms with Crippen LogP contribution >= 0.6 is 23.6 Å². The fourth-order valence-electron chi connectivity index (χ4n) is 3.09. The molecule has 1 saturated carbocycles. The Kier molecular flexibility index (Phi) is 5.70. The summed E-state index contributed by atoms with van der Waals surface area (Å²) in [6.45, 7) is 1.26. The monoisotopic (exact) mass is 416 g/mol. The highest BCUT2D eigenvalue weighted by atomic mass is 32.1. The molecule has 0 saturated heterocycles. The molecule has 0 unspecified atom stereocenters. The van der Waals surface area contributed by atoms with Crippen LogP contribution < -0.4 is 10.1 Å². The van der Waals surface area contributed by atoms with Crippen LogP contribution in [0.3, 0.4) is 0 Å². The summed E-state index contributed by atoms with van der Waals surface area (Å²) in [6, 6.07) is 15.0. The van der Waals surface area contributed by atoms with E-state index in [0.29, 0.717) is 23.2 Å².